The molecule has 3 nitrogen and oxygen atoms in total. The Morgan fingerprint density at radius 2 is 2.15 bits per heavy atom. The topological polar surface area (TPSA) is 29.5 Å². The highest BCUT2D eigenvalue weighted by atomic mass is 16.6. The lowest BCUT2D eigenvalue weighted by Crippen LogP contribution is -2.22. The van der Waals surface area contributed by atoms with E-state index < -0.39 is 0 Å². The molecule has 0 aliphatic heterocycles. The van der Waals surface area contributed by atoms with E-state index in [1.807, 2.05) is 24.3 Å². The van der Waals surface area contributed by atoms with E-state index >= 15 is 0 Å². The number of ether oxygens (including phenoxy) is 1. The minimum atomic E-state index is -0.338. The van der Waals surface area contributed by atoms with Gasteiger partial charge in [0.1, 0.15) is 5.76 Å². The summed E-state index contributed by atoms with van der Waals surface area (Å²) in [6, 6.07) is 0. The van der Waals surface area contributed by atoms with Gasteiger partial charge < -0.3 is 9.64 Å². The van der Waals surface area contributed by atoms with E-state index in [-0.39, 0.29) is 6.09 Å². The molecule has 0 spiro atoms. The van der Waals surface area contributed by atoms with Crippen LogP contribution >= 0.6 is 0 Å². The van der Waals surface area contributed by atoms with E-state index in [0.29, 0.717) is 12.2 Å². The highest BCUT2D eigenvalue weighted by Crippen LogP contribution is 2.09. The summed E-state index contributed by atoms with van der Waals surface area (Å²) in [4.78, 5) is 12.5. The van der Waals surface area contributed by atoms with Gasteiger partial charge in [-0.15, -0.1) is 0 Å². The van der Waals surface area contributed by atoms with Gasteiger partial charge in [-0.1, -0.05) is 24.3 Å². The molecule has 0 heterocycles. The summed E-state index contributed by atoms with van der Waals surface area (Å²) in [5.74, 6) is 0.670. The van der Waals surface area contributed by atoms with E-state index in [1.54, 1.807) is 20.2 Å². The Labute approximate surface area is 78.0 Å². The molecule has 1 amide bonds. The van der Waals surface area contributed by atoms with E-state index in [0.717, 1.165) is 0 Å². The van der Waals surface area contributed by atoms with Crippen molar-refractivity contribution in [3.63, 3.8) is 0 Å². The Balaban J connectivity index is 2.54. The molecule has 0 aromatic carbocycles. The SMILES string of the molecule is CN(C)C(=O)OC1=CC=CC=CC1. The molecule has 70 valence electrons. The third kappa shape index (κ3) is 3.15. The Hall–Kier alpha value is -1.51. The van der Waals surface area contributed by atoms with Crippen molar-refractivity contribution in [3.05, 3.63) is 36.1 Å². The number of allylic oxidation sites excluding steroid dienone is 5. The second kappa shape index (κ2) is 4.50. The average Bonchev–Trinajstić information content (AvgIpc) is 2.32. The molecule has 0 unspecified atom stereocenters. The van der Waals surface area contributed by atoms with Crippen LogP contribution in [-0.2, 0) is 4.74 Å². The van der Waals surface area contributed by atoms with E-state index in [4.69, 9.17) is 4.74 Å². The van der Waals surface area contributed by atoms with Gasteiger partial charge in [-0.25, -0.2) is 4.79 Å². The third-order valence-electron chi connectivity index (χ3n) is 1.54. The van der Waals surface area contributed by atoms with Gasteiger partial charge in [0.15, 0.2) is 0 Å². The molecular weight excluding hydrogens is 166 g/mol. The summed E-state index contributed by atoms with van der Waals surface area (Å²) in [5, 5.41) is 0. The quantitative estimate of drug-likeness (QED) is 0.616. The molecule has 0 fully saturated rings. The maximum absolute atomic E-state index is 11.1. The zero-order valence-electron chi connectivity index (χ0n) is 7.86. The zero-order valence-corrected chi connectivity index (χ0v) is 7.86. The van der Waals surface area contributed by atoms with Crippen LogP contribution < -0.4 is 0 Å². The molecule has 13 heavy (non-hydrogen) atoms. The molecule has 0 saturated carbocycles. The van der Waals surface area contributed by atoms with Crippen molar-refractivity contribution in [1.82, 2.24) is 4.90 Å². The van der Waals surface area contributed by atoms with Crippen LogP contribution in [0.25, 0.3) is 0 Å². The summed E-state index contributed by atoms with van der Waals surface area (Å²) in [6.45, 7) is 0. The van der Waals surface area contributed by atoms with Gasteiger partial charge in [-0.05, 0) is 6.08 Å². The molecule has 0 bridgehead atoms. The predicted octanol–water partition coefficient (Wildman–Crippen LogP) is 2.08. The van der Waals surface area contributed by atoms with Crippen molar-refractivity contribution in [3.8, 4) is 0 Å². The van der Waals surface area contributed by atoms with Gasteiger partial charge in [0.2, 0.25) is 0 Å². The molecular formula is C10H13NO2. The fourth-order valence-electron chi connectivity index (χ4n) is 0.837. The van der Waals surface area contributed by atoms with Crippen molar-refractivity contribution in [2.45, 2.75) is 6.42 Å². The Morgan fingerprint density at radius 3 is 2.85 bits per heavy atom. The van der Waals surface area contributed by atoms with Crippen molar-refractivity contribution in [2.24, 2.45) is 0 Å². The fourth-order valence-corrected chi connectivity index (χ4v) is 0.837. The lowest BCUT2D eigenvalue weighted by molar-refractivity contribution is 0.145. The van der Waals surface area contributed by atoms with Gasteiger partial charge in [0, 0.05) is 20.5 Å². The summed E-state index contributed by atoms with van der Waals surface area (Å²) < 4.78 is 5.08. The number of nitrogens with zero attached hydrogens (tertiary/aromatic N) is 1. The van der Waals surface area contributed by atoms with Crippen LogP contribution in [0.1, 0.15) is 6.42 Å². The van der Waals surface area contributed by atoms with Gasteiger partial charge in [-0.3, -0.25) is 0 Å². The average molecular weight is 179 g/mol. The van der Waals surface area contributed by atoms with Crippen LogP contribution in [0.5, 0.6) is 0 Å². The monoisotopic (exact) mass is 179 g/mol. The van der Waals surface area contributed by atoms with Crippen LogP contribution in [0.4, 0.5) is 4.79 Å². The lowest BCUT2D eigenvalue weighted by atomic mass is 10.3. The summed E-state index contributed by atoms with van der Waals surface area (Å²) in [7, 11) is 3.32. The first kappa shape index (κ1) is 9.58. The van der Waals surface area contributed by atoms with Crippen LogP contribution in [-0.4, -0.2) is 25.1 Å². The molecule has 0 N–H and O–H groups in total. The Morgan fingerprint density at radius 1 is 1.38 bits per heavy atom. The molecule has 1 rings (SSSR count). The standard InChI is InChI=1S/C10H13NO2/c1-11(2)10(12)13-9-7-5-3-4-6-8-9/h3-7H,8H2,1-2H3. The second-order valence-corrected chi connectivity index (χ2v) is 2.91. The van der Waals surface area contributed by atoms with Crippen molar-refractivity contribution < 1.29 is 9.53 Å². The van der Waals surface area contributed by atoms with Gasteiger partial charge in [-0.2, -0.15) is 0 Å². The van der Waals surface area contributed by atoms with E-state index in [9.17, 15) is 4.79 Å². The minimum absolute atomic E-state index is 0.338. The van der Waals surface area contributed by atoms with Crippen molar-refractivity contribution in [1.29, 1.82) is 0 Å². The predicted molar refractivity (Wildman–Crippen MR) is 51.1 cm³/mol. The van der Waals surface area contributed by atoms with Crippen molar-refractivity contribution in [2.75, 3.05) is 14.1 Å². The molecule has 0 radical (unpaired) electrons. The highest BCUT2D eigenvalue weighted by molar-refractivity contribution is 5.68. The van der Waals surface area contributed by atoms with E-state index in [1.165, 1.54) is 4.90 Å². The minimum Gasteiger partial charge on any atom is -0.414 e. The first-order valence-electron chi connectivity index (χ1n) is 4.11. The first-order chi connectivity index (χ1) is 6.20. The highest BCUT2D eigenvalue weighted by Gasteiger charge is 2.07. The summed E-state index contributed by atoms with van der Waals surface area (Å²) in [6.07, 6.45) is 9.73. The Kier molecular flexibility index (Phi) is 3.31. The van der Waals surface area contributed by atoms with Crippen LogP contribution in [0.3, 0.4) is 0 Å². The fraction of sp³-hybridized carbons (Fsp3) is 0.300. The Bertz CT molecular complexity index is 275. The molecule has 1 aliphatic rings. The normalized spacial score (nSPS) is 14.8. The molecule has 1 aliphatic carbocycles. The van der Waals surface area contributed by atoms with Gasteiger partial charge >= 0.3 is 6.09 Å². The maximum atomic E-state index is 11.1. The number of rotatable bonds is 1. The summed E-state index contributed by atoms with van der Waals surface area (Å²) >= 11 is 0. The number of amides is 1. The molecule has 3 heteroatoms. The summed E-state index contributed by atoms with van der Waals surface area (Å²) in [5.41, 5.74) is 0. The van der Waals surface area contributed by atoms with Crippen LogP contribution in [0.2, 0.25) is 0 Å². The molecule has 0 aromatic heterocycles. The number of hydrogen-bond acceptors (Lipinski definition) is 2. The van der Waals surface area contributed by atoms with Crippen LogP contribution in [0.15, 0.2) is 36.1 Å². The van der Waals surface area contributed by atoms with Crippen molar-refractivity contribution >= 4 is 6.09 Å². The maximum Gasteiger partial charge on any atom is 0.414 e. The lowest BCUT2D eigenvalue weighted by Gasteiger charge is -2.11. The van der Waals surface area contributed by atoms with E-state index in [2.05, 4.69) is 0 Å². The largest absolute Gasteiger partial charge is 0.414 e. The third-order valence-corrected chi connectivity index (χ3v) is 1.54. The smallest absolute Gasteiger partial charge is 0.414 e. The van der Waals surface area contributed by atoms with Gasteiger partial charge in [0.05, 0.1) is 0 Å². The second-order valence-electron chi connectivity index (χ2n) is 2.91. The van der Waals surface area contributed by atoms with Gasteiger partial charge in [0.25, 0.3) is 0 Å². The molecule has 0 aromatic rings. The number of carbonyl (C=O) groups is 1. The number of carbonyl (C=O) groups excluding carboxylic acids is 1. The molecule has 0 atom stereocenters. The first-order valence-corrected chi connectivity index (χ1v) is 4.11. The molecule has 0 saturated heterocycles. The van der Waals surface area contributed by atoms with Crippen LogP contribution in [0, 0.1) is 0 Å². The zero-order chi connectivity index (χ0) is 9.68. The number of hydrogen-bond donors (Lipinski definition) is 0.